The van der Waals surface area contributed by atoms with Gasteiger partial charge in [-0.3, -0.25) is 4.79 Å². The molecule has 1 amide bonds. The number of nitrogens with one attached hydrogen (secondary N) is 2. The largest absolute Gasteiger partial charge is 0.357 e. The highest BCUT2D eigenvalue weighted by atomic mass is 16.2. The number of imidazole rings is 1. The first-order valence-corrected chi connectivity index (χ1v) is 8.16. The molecule has 1 atom stereocenters. The summed E-state index contributed by atoms with van der Waals surface area (Å²) in [4.78, 5) is 25.5. The van der Waals surface area contributed by atoms with E-state index in [1.807, 2.05) is 41.3 Å². The highest BCUT2D eigenvalue weighted by Gasteiger charge is 2.25. The van der Waals surface area contributed by atoms with Gasteiger partial charge in [-0.2, -0.15) is 0 Å². The minimum absolute atomic E-state index is 0.101. The molecule has 118 valence electrons. The number of benzene rings is 1. The zero-order chi connectivity index (χ0) is 15.6. The fraction of sp³-hybridized carbons (Fsp3) is 0.333. The topological polar surface area (TPSA) is 64.8 Å². The Bertz CT molecular complexity index is 772. The van der Waals surface area contributed by atoms with E-state index in [1.54, 1.807) is 6.20 Å². The average Bonchev–Trinajstić information content (AvgIpc) is 3.23. The Kier molecular flexibility index (Phi) is 3.61. The van der Waals surface area contributed by atoms with Crippen molar-refractivity contribution in [3.8, 4) is 0 Å². The van der Waals surface area contributed by atoms with Crippen molar-refractivity contribution in [2.75, 3.05) is 13.1 Å². The summed E-state index contributed by atoms with van der Waals surface area (Å²) in [5, 5.41) is 0. The lowest BCUT2D eigenvalue weighted by atomic mass is 9.94. The molecule has 1 aromatic carbocycles. The van der Waals surface area contributed by atoms with Crippen LogP contribution in [0.1, 0.15) is 29.2 Å². The predicted octanol–water partition coefficient (Wildman–Crippen LogP) is 2.99. The second-order valence-electron chi connectivity index (χ2n) is 6.25. The molecule has 2 N–H and O–H groups in total. The van der Waals surface area contributed by atoms with Crippen molar-refractivity contribution in [1.82, 2.24) is 19.9 Å². The number of para-hydroxylation sites is 2. The van der Waals surface area contributed by atoms with Gasteiger partial charge in [-0.1, -0.05) is 12.1 Å². The number of H-pyrrole nitrogens is 2. The summed E-state index contributed by atoms with van der Waals surface area (Å²) in [5.74, 6) is 1.58. The van der Waals surface area contributed by atoms with Crippen molar-refractivity contribution in [3.05, 3.63) is 54.1 Å². The first kappa shape index (κ1) is 14.1. The molecule has 0 radical (unpaired) electrons. The Hall–Kier alpha value is -2.56. The number of nitrogens with zero attached hydrogens (tertiary/aromatic N) is 2. The van der Waals surface area contributed by atoms with E-state index in [4.69, 9.17) is 0 Å². The number of aromatic amines is 2. The smallest absolute Gasteiger partial charge is 0.270 e. The monoisotopic (exact) mass is 308 g/mol. The molecule has 3 aromatic rings. The van der Waals surface area contributed by atoms with Gasteiger partial charge in [0.15, 0.2) is 0 Å². The van der Waals surface area contributed by atoms with Crippen LogP contribution in [0.3, 0.4) is 0 Å². The third-order valence-corrected chi connectivity index (χ3v) is 4.56. The van der Waals surface area contributed by atoms with E-state index in [-0.39, 0.29) is 5.91 Å². The highest BCUT2D eigenvalue weighted by molar-refractivity contribution is 5.92. The number of aromatic nitrogens is 3. The van der Waals surface area contributed by atoms with Gasteiger partial charge < -0.3 is 14.9 Å². The lowest BCUT2D eigenvalue weighted by Gasteiger charge is -2.32. The zero-order valence-electron chi connectivity index (χ0n) is 13.0. The maximum absolute atomic E-state index is 12.5. The Morgan fingerprint density at radius 2 is 2.17 bits per heavy atom. The van der Waals surface area contributed by atoms with E-state index in [1.165, 1.54) is 0 Å². The number of hydrogen-bond donors (Lipinski definition) is 2. The molecule has 5 heteroatoms. The van der Waals surface area contributed by atoms with Gasteiger partial charge in [0.25, 0.3) is 5.91 Å². The van der Waals surface area contributed by atoms with Gasteiger partial charge in [-0.15, -0.1) is 0 Å². The normalized spacial score (nSPS) is 18.4. The second kappa shape index (κ2) is 5.91. The van der Waals surface area contributed by atoms with Crippen LogP contribution in [0.5, 0.6) is 0 Å². The van der Waals surface area contributed by atoms with E-state index >= 15 is 0 Å². The third-order valence-electron chi connectivity index (χ3n) is 4.56. The lowest BCUT2D eigenvalue weighted by molar-refractivity contribution is 0.0667. The van der Waals surface area contributed by atoms with E-state index in [0.717, 1.165) is 49.2 Å². The summed E-state index contributed by atoms with van der Waals surface area (Å²) in [6.07, 6.45) is 4.88. The summed E-state index contributed by atoms with van der Waals surface area (Å²) in [7, 11) is 0. The van der Waals surface area contributed by atoms with E-state index in [2.05, 4.69) is 15.0 Å². The molecule has 1 saturated heterocycles. The summed E-state index contributed by atoms with van der Waals surface area (Å²) < 4.78 is 0. The Morgan fingerprint density at radius 3 is 3.00 bits per heavy atom. The van der Waals surface area contributed by atoms with Crippen molar-refractivity contribution in [2.24, 2.45) is 5.92 Å². The maximum Gasteiger partial charge on any atom is 0.270 e. The molecule has 5 nitrogen and oxygen atoms in total. The Balaban J connectivity index is 1.46. The predicted molar refractivity (Wildman–Crippen MR) is 89.2 cm³/mol. The van der Waals surface area contributed by atoms with E-state index in [9.17, 15) is 4.79 Å². The summed E-state index contributed by atoms with van der Waals surface area (Å²) in [6.45, 7) is 1.64. The molecule has 0 aliphatic carbocycles. The minimum Gasteiger partial charge on any atom is -0.357 e. The molecule has 4 rings (SSSR count). The number of likely N-dealkylation sites (tertiary alicyclic amines) is 1. The van der Waals surface area contributed by atoms with Crippen LogP contribution < -0.4 is 0 Å². The Morgan fingerprint density at radius 1 is 1.26 bits per heavy atom. The van der Waals surface area contributed by atoms with Gasteiger partial charge >= 0.3 is 0 Å². The van der Waals surface area contributed by atoms with Crippen LogP contribution in [0.15, 0.2) is 42.6 Å². The number of amides is 1. The second-order valence-corrected chi connectivity index (χ2v) is 6.25. The van der Waals surface area contributed by atoms with Crippen LogP contribution in [0.4, 0.5) is 0 Å². The number of carbonyl (C=O) groups excluding carboxylic acids is 1. The molecular weight excluding hydrogens is 288 g/mol. The molecule has 0 saturated carbocycles. The number of fused-ring (bicyclic) bond motifs is 1. The summed E-state index contributed by atoms with van der Waals surface area (Å²) >= 11 is 0. The van der Waals surface area contributed by atoms with Crippen LogP contribution in [0, 0.1) is 5.92 Å². The van der Waals surface area contributed by atoms with Crippen LogP contribution >= 0.6 is 0 Å². The molecule has 0 bridgehead atoms. The van der Waals surface area contributed by atoms with Gasteiger partial charge in [0.05, 0.1) is 11.0 Å². The summed E-state index contributed by atoms with van der Waals surface area (Å²) in [6, 6.07) is 11.8. The van der Waals surface area contributed by atoms with Crippen LogP contribution in [0.25, 0.3) is 11.0 Å². The molecule has 1 aliphatic rings. The zero-order valence-corrected chi connectivity index (χ0v) is 13.0. The van der Waals surface area contributed by atoms with Gasteiger partial charge in [0.1, 0.15) is 11.5 Å². The number of carbonyl (C=O) groups is 1. The van der Waals surface area contributed by atoms with Crippen molar-refractivity contribution in [2.45, 2.75) is 19.3 Å². The lowest BCUT2D eigenvalue weighted by Crippen LogP contribution is -2.40. The van der Waals surface area contributed by atoms with E-state index < -0.39 is 0 Å². The third kappa shape index (κ3) is 2.86. The van der Waals surface area contributed by atoms with Crippen LogP contribution in [0.2, 0.25) is 0 Å². The van der Waals surface area contributed by atoms with Gasteiger partial charge in [0.2, 0.25) is 0 Å². The molecular formula is C18H20N4O. The minimum atomic E-state index is 0.101. The van der Waals surface area contributed by atoms with Crippen molar-refractivity contribution < 1.29 is 4.79 Å². The van der Waals surface area contributed by atoms with Crippen LogP contribution in [-0.2, 0) is 6.42 Å². The fourth-order valence-electron chi connectivity index (χ4n) is 3.43. The molecule has 3 heterocycles. The van der Waals surface area contributed by atoms with Crippen molar-refractivity contribution >= 4 is 16.9 Å². The SMILES string of the molecule is O=C(c1ccc[nH]1)N1CCC[C@@H](Cc2nc3ccccc3[nH]2)C1. The molecule has 0 spiro atoms. The van der Waals surface area contributed by atoms with Gasteiger partial charge in [-0.25, -0.2) is 4.98 Å². The number of hydrogen-bond acceptors (Lipinski definition) is 2. The van der Waals surface area contributed by atoms with E-state index in [0.29, 0.717) is 11.6 Å². The fourth-order valence-corrected chi connectivity index (χ4v) is 3.43. The molecule has 23 heavy (non-hydrogen) atoms. The molecule has 2 aromatic heterocycles. The van der Waals surface area contributed by atoms with Crippen molar-refractivity contribution in [3.63, 3.8) is 0 Å². The summed E-state index contributed by atoms with van der Waals surface area (Å²) in [5.41, 5.74) is 2.77. The number of piperidine rings is 1. The van der Waals surface area contributed by atoms with Crippen LogP contribution in [-0.4, -0.2) is 38.8 Å². The van der Waals surface area contributed by atoms with Crippen molar-refractivity contribution in [1.29, 1.82) is 0 Å². The Labute approximate surface area is 134 Å². The average molecular weight is 308 g/mol. The van der Waals surface area contributed by atoms with Gasteiger partial charge in [0, 0.05) is 25.7 Å². The molecule has 0 unspecified atom stereocenters. The molecule has 1 aliphatic heterocycles. The quantitative estimate of drug-likeness (QED) is 0.781. The molecule has 1 fully saturated rings. The first-order chi connectivity index (χ1) is 11.3. The maximum atomic E-state index is 12.5. The highest BCUT2D eigenvalue weighted by Crippen LogP contribution is 2.22. The standard InChI is InChI=1S/C18H20N4O/c23-18(16-8-3-9-19-16)22-10-4-5-13(12-22)11-17-20-14-6-1-2-7-15(14)21-17/h1-3,6-9,13,19H,4-5,10-12H2,(H,20,21)/t13-/m0/s1. The first-order valence-electron chi connectivity index (χ1n) is 8.16. The van der Waals surface area contributed by atoms with Gasteiger partial charge in [-0.05, 0) is 43.0 Å². The number of rotatable bonds is 3.